The van der Waals surface area contributed by atoms with Gasteiger partial charge in [-0.3, -0.25) is 0 Å². The third-order valence-electron chi connectivity index (χ3n) is 2.17. The fourth-order valence-corrected chi connectivity index (χ4v) is 1.37. The molecule has 0 bridgehead atoms. The van der Waals surface area contributed by atoms with Crippen LogP contribution in [0.3, 0.4) is 0 Å². The maximum atomic E-state index is 12.2. The Balaban J connectivity index is 2.98. The second-order valence-corrected chi connectivity index (χ2v) is 6.85. The summed E-state index contributed by atoms with van der Waals surface area (Å²) in [6.07, 6.45) is -0.955. The van der Waals surface area contributed by atoms with Crippen LogP contribution < -0.4 is 0 Å². The van der Waals surface area contributed by atoms with Crippen LogP contribution in [0, 0.1) is 0 Å². The number of rotatable bonds is 1. The van der Waals surface area contributed by atoms with Gasteiger partial charge in [0, 0.05) is 6.20 Å². The summed E-state index contributed by atoms with van der Waals surface area (Å²) >= 11 is 0. The lowest BCUT2D eigenvalue weighted by Gasteiger charge is -2.27. The molecule has 2 amide bonds. The van der Waals surface area contributed by atoms with E-state index in [1.54, 1.807) is 53.7 Å². The zero-order valence-electron chi connectivity index (χ0n) is 14.7. The van der Waals surface area contributed by atoms with Crippen LogP contribution in [0.2, 0.25) is 0 Å². The van der Waals surface area contributed by atoms with Gasteiger partial charge < -0.3 is 14.3 Å². The fraction of sp³-hybridized carbons (Fsp3) is 0.500. The Morgan fingerprint density at radius 1 is 0.917 bits per heavy atom. The van der Waals surface area contributed by atoms with Gasteiger partial charge in [-0.25, -0.2) is 19.4 Å². The minimum atomic E-state index is -1.17. The molecule has 0 atom stereocenters. The summed E-state index contributed by atoms with van der Waals surface area (Å²) in [7, 11) is 0. The van der Waals surface area contributed by atoms with Crippen molar-refractivity contribution in [2.24, 2.45) is 0 Å². The maximum Gasteiger partial charge on any atom is 0.454 e. The van der Waals surface area contributed by atoms with Crippen LogP contribution in [0.4, 0.5) is 9.59 Å². The molecule has 1 aromatic rings. The number of carbonyl (C=O) groups excluding carboxylic acids is 3. The molecular formula is C16H22N2O6. The molecule has 24 heavy (non-hydrogen) atoms. The summed E-state index contributed by atoms with van der Waals surface area (Å²) in [4.78, 5) is 45.0. The van der Waals surface area contributed by atoms with Crippen molar-refractivity contribution < 1.29 is 28.7 Å². The molecule has 0 aliphatic carbocycles. The number of carbonyl (C=O) groups is 3. The van der Waals surface area contributed by atoms with Crippen molar-refractivity contribution in [1.29, 1.82) is 0 Å². The Morgan fingerprint density at radius 3 is 1.79 bits per heavy atom. The maximum absolute atomic E-state index is 12.2. The summed E-state index contributed by atoms with van der Waals surface area (Å²) in [5, 5.41) is 0.146. The summed E-state index contributed by atoms with van der Waals surface area (Å²) in [5.41, 5.74) is -1.86. The average Bonchev–Trinajstić information content (AvgIpc) is 2.41. The van der Waals surface area contributed by atoms with Crippen molar-refractivity contribution in [1.82, 2.24) is 10.0 Å². The van der Waals surface area contributed by atoms with E-state index in [1.807, 2.05) is 0 Å². The van der Waals surface area contributed by atoms with Crippen molar-refractivity contribution in [3.63, 3.8) is 0 Å². The van der Waals surface area contributed by atoms with Crippen molar-refractivity contribution in [2.45, 2.75) is 52.7 Å². The number of hydrogen-bond donors (Lipinski definition) is 0. The molecule has 0 spiro atoms. The first-order valence-corrected chi connectivity index (χ1v) is 7.28. The highest BCUT2D eigenvalue weighted by Crippen LogP contribution is 2.15. The van der Waals surface area contributed by atoms with Gasteiger partial charge >= 0.3 is 18.2 Å². The molecule has 0 aromatic carbocycles. The molecule has 0 saturated carbocycles. The first-order chi connectivity index (χ1) is 10.9. The first kappa shape index (κ1) is 19.4. The Kier molecular flexibility index (Phi) is 5.89. The number of hydrogen-bond acceptors (Lipinski definition) is 7. The summed E-state index contributed by atoms with van der Waals surface area (Å²) < 4.78 is 10.1. The van der Waals surface area contributed by atoms with E-state index in [1.165, 1.54) is 12.3 Å². The Labute approximate surface area is 140 Å². The SMILES string of the molecule is CC(C)(C)OC(=O)N(OC(=O)c1ccccn1)C(=O)OC(C)(C)C. The molecule has 0 radical (unpaired) electrons. The number of ether oxygens (including phenoxy) is 2. The van der Waals surface area contributed by atoms with E-state index in [9.17, 15) is 14.4 Å². The molecule has 0 saturated heterocycles. The molecule has 0 fully saturated rings. The third-order valence-corrected chi connectivity index (χ3v) is 2.17. The zero-order chi connectivity index (χ0) is 18.5. The number of hydroxylamine groups is 2. The predicted molar refractivity (Wildman–Crippen MR) is 84.0 cm³/mol. The van der Waals surface area contributed by atoms with E-state index in [4.69, 9.17) is 14.3 Å². The van der Waals surface area contributed by atoms with Gasteiger partial charge in [-0.2, -0.15) is 0 Å². The van der Waals surface area contributed by atoms with E-state index < -0.39 is 29.4 Å². The second kappa shape index (κ2) is 7.29. The van der Waals surface area contributed by atoms with Crippen molar-refractivity contribution in [3.05, 3.63) is 30.1 Å². The summed E-state index contributed by atoms with van der Waals surface area (Å²) in [6.45, 7) is 9.66. The van der Waals surface area contributed by atoms with E-state index in [0.29, 0.717) is 0 Å². The highest BCUT2D eigenvalue weighted by Gasteiger charge is 2.35. The summed E-state index contributed by atoms with van der Waals surface area (Å²) in [6, 6.07) is 4.55. The molecule has 0 unspecified atom stereocenters. The Morgan fingerprint density at radius 2 is 1.42 bits per heavy atom. The number of pyridine rings is 1. The number of imide groups is 1. The van der Waals surface area contributed by atoms with Crippen LogP contribution in [0.15, 0.2) is 24.4 Å². The summed E-state index contributed by atoms with van der Waals surface area (Å²) in [5.74, 6) is -0.993. The van der Waals surface area contributed by atoms with Crippen molar-refractivity contribution in [3.8, 4) is 0 Å². The van der Waals surface area contributed by atoms with Crippen LogP contribution in [-0.2, 0) is 14.3 Å². The Bertz CT molecular complexity index is 573. The molecule has 8 heteroatoms. The van der Waals surface area contributed by atoms with Gasteiger partial charge in [0.15, 0.2) is 5.69 Å². The quantitative estimate of drug-likeness (QED) is 0.725. The fourth-order valence-electron chi connectivity index (χ4n) is 1.37. The monoisotopic (exact) mass is 338 g/mol. The van der Waals surface area contributed by atoms with Crippen LogP contribution >= 0.6 is 0 Å². The van der Waals surface area contributed by atoms with Gasteiger partial charge in [-0.15, -0.1) is 0 Å². The number of amides is 2. The molecule has 1 heterocycles. The normalized spacial score (nSPS) is 11.4. The van der Waals surface area contributed by atoms with E-state index in [-0.39, 0.29) is 10.8 Å². The standard InChI is InChI=1S/C16H22N2O6/c1-15(2,3)22-13(20)18(14(21)23-16(4,5)6)24-12(19)11-9-7-8-10-17-11/h7-10H,1-6H3. The third kappa shape index (κ3) is 6.64. The van der Waals surface area contributed by atoms with Gasteiger partial charge in [0.2, 0.25) is 0 Å². The Hall–Kier alpha value is -2.64. The lowest BCUT2D eigenvalue weighted by molar-refractivity contribution is -0.107. The lowest BCUT2D eigenvalue weighted by Crippen LogP contribution is -2.44. The number of nitrogens with zero attached hydrogens (tertiary/aromatic N) is 2. The van der Waals surface area contributed by atoms with Gasteiger partial charge in [0.25, 0.3) is 0 Å². The van der Waals surface area contributed by atoms with Gasteiger partial charge in [0.05, 0.1) is 0 Å². The molecule has 0 N–H and O–H groups in total. The van der Waals surface area contributed by atoms with Crippen molar-refractivity contribution >= 4 is 18.2 Å². The minimum absolute atomic E-state index is 0.0744. The minimum Gasteiger partial charge on any atom is -0.441 e. The van der Waals surface area contributed by atoms with E-state index in [2.05, 4.69) is 4.98 Å². The van der Waals surface area contributed by atoms with Crippen LogP contribution in [0.5, 0.6) is 0 Å². The van der Waals surface area contributed by atoms with E-state index >= 15 is 0 Å². The van der Waals surface area contributed by atoms with Crippen molar-refractivity contribution in [2.75, 3.05) is 0 Å². The average molecular weight is 338 g/mol. The predicted octanol–water partition coefficient (Wildman–Crippen LogP) is 3.33. The highest BCUT2D eigenvalue weighted by molar-refractivity contribution is 5.92. The van der Waals surface area contributed by atoms with Gasteiger partial charge in [-0.05, 0) is 58.7 Å². The molecule has 0 aliphatic heterocycles. The molecule has 0 aliphatic rings. The largest absolute Gasteiger partial charge is 0.454 e. The highest BCUT2D eigenvalue weighted by atomic mass is 16.8. The molecular weight excluding hydrogens is 316 g/mol. The second-order valence-electron chi connectivity index (χ2n) is 6.85. The van der Waals surface area contributed by atoms with E-state index in [0.717, 1.165) is 0 Å². The lowest BCUT2D eigenvalue weighted by atomic mass is 10.2. The topological polar surface area (TPSA) is 95.0 Å². The molecule has 8 nitrogen and oxygen atoms in total. The van der Waals surface area contributed by atoms with Gasteiger partial charge in [0.1, 0.15) is 11.2 Å². The first-order valence-electron chi connectivity index (χ1n) is 7.28. The number of aromatic nitrogens is 1. The van der Waals surface area contributed by atoms with Crippen LogP contribution in [-0.4, -0.2) is 39.4 Å². The molecule has 1 rings (SSSR count). The van der Waals surface area contributed by atoms with Crippen LogP contribution in [0.25, 0.3) is 0 Å². The van der Waals surface area contributed by atoms with Crippen LogP contribution in [0.1, 0.15) is 52.0 Å². The molecule has 132 valence electrons. The molecule has 1 aromatic heterocycles. The zero-order valence-corrected chi connectivity index (χ0v) is 14.7. The van der Waals surface area contributed by atoms with Gasteiger partial charge in [-0.1, -0.05) is 6.07 Å². The smallest absolute Gasteiger partial charge is 0.441 e.